The topological polar surface area (TPSA) is 72.0 Å². The average Bonchev–Trinajstić information content (AvgIpc) is 2.93. The summed E-state index contributed by atoms with van der Waals surface area (Å²) in [6, 6.07) is 3.27. The van der Waals surface area contributed by atoms with Gasteiger partial charge in [0, 0.05) is 11.4 Å². The number of fused-ring (bicyclic) bond motifs is 1. The maximum absolute atomic E-state index is 12.2. The van der Waals surface area contributed by atoms with Gasteiger partial charge in [0.05, 0.1) is 0 Å². The third kappa shape index (κ3) is 2.55. The molecule has 1 N–H and O–H groups in total. The molecular formula is C13H15N3O2S2. The fourth-order valence-corrected chi connectivity index (χ4v) is 4.35. The zero-order valence-corrected chi connectivity index (χ0v) is 12.7. The van der Waals surface area contributed by atoms with Crippen molar-refractivity contribution in [3.63, 3.8) is 0 Å². The van der Waals surface area contributed by atoms with Crippen molar-refractivity contribution in [2.24, 2.45) is 0 Å². The molecule has 1 aliphatic rings. The van der Waals surface area contributed by atoms with Crippen molar-refractivity contribution in [1.29, 1.82) is 0 Å². The molecule has 0 aliphatic heterocycles. The van der Waals surface area contributed by atoms with Crippen molar-refractivity contribution < 1.29 is 8.42 Å². The molecule has 106 valence electrons. The highest BCUT2D eigenvalue weighted by Crippen LogP contribution is 2.24. The Morgan fingerprint density at radius 3 is 2.80 bits per heavy atom. The van der Waals surface area contributed by atoms with Crippen LogP contribution >= 0.6 is 11.3 Å². The van der Waals surface area contributed by atoms with Crippen LogP contribution in [0.4, 0.5) is 5.95 Å². The van der Waals surface area contributed by atoms with E-state index in [9.17, 15) is 8.42 Å². The van der Waals surface area contributed by atoms with E-state index < -0.39 is 10.0 Å². The molecule has 0 unspecified atom stereocenters. The van der Waals surface area contributed by atoms with Crippen LogP contribution in [0.2, 0.25) is 0 Å². The lowest BCUT2D eigenvalue weighted by Crippen LogP contribution is -2.17. The standard InChI is InChI=1S/C13H15N3O2S2/c1-9-10-5-2-3-6-11(10)15-13(14-9)16-20(17,18)12-7-4-8-19-12/h4,7-8H,2-3,5-6H2,1H3,(H,14,15,16). The monoisotopic (exact) mass is 309 g/mol. The maximum atomic E-state index is 12.2. The van der Waals surface area contributed by atoms with Crippen molar-refractivity contribution >= 4 is 27.3 Å². The lowest BCUT2D eigenvalue weighted by atomic mass is 9.95. The van der Waals surface area contributed by atoms with E-state index >= 15 is 0 Å². The summed E-state index contributed by atoms with van der Waals surface area (Å²) in [6.07, 6.45) is 4.13. The molecule has 0 bridgehead atoms. The van der Waals surface area contributed by atoms with E-state index in [2.05, 4.69) is 14.7 Å². The molecule has 0 amide bonds. The summed E-state index contributed by atoms with van der Waals surface area (Å²) < 4.78 is 27.1. The molecule has 1 aliphatic carbocycles. The molecule has 3 rings (SSSR count). The molecule has 0 radical (unpaired) electrons. The third-order valence-electron chi connectivity index (χ3n) is 3.38. The number of rotatable bonds is 3. The second-order valence-corrected chi connectivity index (χ2v) is 7.66. The highest BCUT2D eigenvalue weighted by molar-refractivity contribution is 7.94. The smallest absolute Gasteiger partial charge is 0.246 e. The minimum absolute atomic E-state index is 0.177. The van der Waals surface area contributed by atoms with Gasteiger partial charge in [0.1, 0.15) is 4.21 Å². The van der Waals surface area contributed by atoms with Crippen LogP contribution in [-0.4, -0.2) is 18.4 Å². The van der Waals surface area contributed by atoms with E-state index in [1.165, 1.54) is 16.9 Å². The summed E-state index contributed by atoms with van der Waals surface area (Å²) in [5.74, 6) is 0.177. The van der Waals surface area contributed by atoms with Crippen LogP contribution in [0.3, 0.4) is 0 Å². The van der Waals surface area contributed by atoms with E-state index in [1.807, 2.05) is 6.92 Å². The van der Waals surface area contributed by atoms with E-state index in [0.717, 1.165) is 37.1 Å². The van der Waals surface area contributed by atoms with Gasteiger partial charge < -0.3 is 0 Å². The molecule has 0 spiro atoms. The highest BCUT2D eigenvalue weighted by Gasteiger charge is 2.20. The van der Waals surface area contributed by atoms with Gasteiger partial charge in [-0.15, -0.1) is 11.3 Å². The van der Waals surface area contributed by atoms with Gasteiger partial charge in [-0.05, 0) is 49.6 Å². The first-order valence-electron chi connectivity index (χ1n) is 6.49. The van der Waals surface area contributed by atoms with E-state index in [1.54, 1.807) is 17.5 Å². The molecule has 0 aromatic carbocycles. The van der Waals surface area contributed by atoms with Gasteiger partial charge in [-0.3, -0.25) is 0 Å². The van der Waals surface area contributed by atoms with Crippen molar-refractivity contribution in [3.8, 4) is 0 Å². The second kappa shape index (κ2) is 5.14. The Morgan fingerprint density at radius 1 is 1.25 bits per heavy atom. The molecule has 0 fully saturated rings. The Bertz CT molecular complexity index is 724. The lowest BCUT2D eigenvalue weighted by molar-refractivity contribution is 0.602. The Hall–Kier alpha value is -1.47. The zero-order valence-electron chi connectivity index (χ0n) is 11.1. The predicted octanol–water partition coefficient (Wildman–Crippen LogP) is 2.53. The van der Waals surface area contributed by atoms with Gasteiger partial charge in [-0.2, -0.15) is 0 Å². The SMILES string of the molecule is Cc1nc(NS(=O)(=O)c2cccs2)nc2c1CCCC2. The number of hydrogen-bond donors (Lipinski definition) is 1. The summed E-state index contributed by atoms with van der Waals surface area (Å²) in [5.41, 5.74) is 3.03. The zero-order chi connectivity index (χ0) is 14.2. The Morgan fingerprint density at radius 2 is 2.05 bits per heavy atom. The van der Waals surface area contributed by atoms with Gasteiger partial charge >= 0.3 is 0 Å². The minimum Gasteiger partial charge on any atom is -0.246 e. The molecule has 2 aromatic heterocycles. The minimum atomic E-state index is -3.57. The highest BCUT2D eigenvalue weighted by atomic mass is 32.2. The van der Waals surface area contributed by atoms with Crippen LogP contribution in [0, 0.1) is 6.92 Å². The quantitative estimate of drug-likeness (QED) is 0.945. The third-order valence-corrected chi connectivity index (χ3v) is 6.10. The van der Waals surface area contributed by atoms with Crippen LogP contribution in [0.25, 0.3) is 0 Å². The van der Waals surface area contributed by atoms with Crippen LogP contribution in [-0.2, 0) is 22.9 Å². The van der Waals surface area contributed by atoms with Gasteiger partial charge in [-0.25, -0.2) is 23.1 Å². The second-order valence-electron chi connectivity index (χ2n) is 4.80. The summed E-state index contributed by atoms with van der Waals surface area (Å²) in [7, 11) is -3.57. The largest absolute Gasteiger partial charge is 0.273 e. The Labute approximate surface area is 122 Å². The number of aromatic nitrogens is 2. The van der Waals surface area contributed by atoms with Crippen molar-refractivity contribution in [1.82, 2.24) is 9.97 Å². The van der Waals surface area contributed by atoms with Gasteiger partial charge in [0.25, 0.3) is 10.0 Å². The van der Waals surface area contributed by atoms with E-state index in [4.69, 9.17) is 0 Å². The number of nitrogens with one attached hydrogen (secondary N) is 1. The number of nitrogens with zero attached hydrogens (tertiary/aromatic N) is 2. The molecule has 0 atom stereocenters. The van der Waals surface area contributed by atoms with Gasteiger partial charge in [-0.1, -0.05) is 6.07 Å². The fraction of sp³-hybridized carbons (Fsp3) is 0.385. The fourth-order valence-electron chi connectivity index (χ4n) is 2.41. The first kappa shape index (κ1) is 13.5. The predicted molar refractivity (Wildman–Crippen MR) is 78.5 cm³/mol. The van der Waals surface area contributed by atoms with Crippen LogP contribution < -0.4 is 4.72 Å². The van der Waals surface area contributed by atoms with E-state index in [0.29, 0.717) is 0 Å². The molecule has 2 aromatic rings. The molecule has 5 nitrogen and oxygen atoms in total. The summed E-state index contributed by atoms with van der Waals surface area (Å²) >= 11 is 1.18. The first-order chi connectivity index (χ1) is 9.56. The number of sulfonamides is 1. The lowest BCUT2D eigenvalue weighted by Gasteiger charge is -2.17. The average molecular weight is 309 g/mol. The van der Waals surface area contributed by atoms with E-state index in [-0.39, 0.29) is 10.2 Å². The summed E-state index contributed by atoms with van der Waals surface area (Å²) in [4.78, 5) is 8.66. The van der Waals surface area contributed by atoms with Crippen LogP contribution in [0.15, 0.2) is 21.7 Å². The van der Waals surface area contributed by atoms with Crippen LogP contribution in [0.1, 0.15) is 29.8 Å². The molecule has 2 heterocycles. The van der Waals surface area contributed by atoms with Crippen molar-refractivity contribution in [3.05, 3.63) is 34.5 Å². The maximum Gasteiger partial charge on any atom is 0.273 e. The molecule has 20 heavy (non-hydrogen) atoms. The van der Waals surface area contributed by atoms with Crippen molar-refractivity contribution in [2.45, 2.75) is 36.8 Å². The molecule has 7 heteroatoms. The number of anilines is 1. The Balaban J connectivity index is 1.94. The first-order valence-corrected chi connectivity index (χ1v) is 8.85. The molecule has 0 saturated carbocycles. The van der Waals surface area contributed by atoms with Crippen LogP contribution in [0.5, 0.6) is 0 Å². The van der Waals surface area contributed by atoms with Gasteiger partial charge in [0.15, 0.2) is 0 Å². The summed E-state index contributed by atoms with van der Waals surface area (Å²) in [5, 5.41) is 1.73. The number of hydrogen-bond acceptors (Lipinski definition) is 5. The molecule has 0 saturated heterocycles. The van der Waals surface area contributed by atoms with Gasteiger partial charge in [0.2, 0.25) is 5.95 Å². The normalized spacial score (nSPS) is 14.8. The number of aryl methyl sites for hydroxylation is 2. The summed E-state index contributed by atoms with van der Waals surface area (Å²) in [6.45, 7) is 1.91. The number of thiophene rings is 1. The Kier molecular flexibility index (Phi) is 3.47. The van der Waals surface area contributed by atoms with Crippen molar-refractivity contribution in [2.75, 3.05) is 4.72 Å². The molecular weight excluding hydrogens is 294 g/mol.